The molecule has 2 unspecified atom stereocenters. The van der Waals surface area contributed by atoms with E-state index < -0.39 is 47.2 Å². The van der Waals surface area contributed by atoms with Gasteiger partial charge in [-0.1, -0.05) is 92.2 Å². The molecule has 0 N–H and O–H groups in total. The van der Waals surface area contributed by atoms with Gasteiger partial charge in [-0.05, 0) is 48.6 Å². The highest BCUT2D eigenvalue weighted by Crippen LogP contribution is 2.18. The lowest BCUT2D eigenvalue weighted by atomic mass is 9.97. The average Bonchev–Trinajstić information content (AvgIpc) is 2.79. The van der Waals surface area contributed by atoms with Gasteiger partial charge in [-0.3, -0.25) is 0 Å². The second-order valence-electron chi connectivity index (χ2n) is 9.96. The van der Waals surface area contributed by atoms with Crippen molar-refractivity contribution in [1.82, 2.24) is 0 Å². The Morgan fingerprint density at radius 1 is 0.688 bits per heavy atom. The maximum Gasteiger partial charge on any atom is 0.339 e. The molecule has 0 aliphatic rings. The first-order chi connectivity index (χ1) is 16.9. The van der Waals surface area contributed by atoms with Gasteiger partial charge in [0.2, 0.25) is 0 Å². The van der Waals surface area contributed by atoms with Crippen LogP contribution in [0.3, 0.4) is 0 Å². The van der Waals surface area contributed by atoms with Crippen LogP contribution in [0.5, 0.6) is 0 Å². The number of rotatable bonds is 16. The summed E-state index contributed by atoms with van der Waals surface area (Å²) >= 11 is 0. The summed E-state index contributed by atoms with van der Waals surface area (Å²) in [5.74, 6) is 0.154. The molecular formula is C28H46O4. The highest BCUT2D eigenvalue weighted by molar-refractivity contribution is 6.03. The predicted octanol–water partition coefficient (Wildman–Crippen LogP) is 7.71. The van der Waals surface area contributed by atoms with E-state index in [9.17, 15) is 9.59 Å². The number of carbonyl (C=O) groups is 2. The fourth-order valence-corrected chi connectivity index (χ4v) is 3.51. The van der Waals surface area contributed by atoms with Crippen LogP contribution in [-0.2, 0) is 9.47 Å². The van der Waals surface area contributed by atoms with Crippen LogP contribution in [0.15, 0.2) is 24.2 Å². The summed E-state index contributed by atoms with van der Waals surface area (Å²) in [5.41, 5.74) is -0.910. The van der Waals surface area contributed by atoms with Crippen LogP contribution in [0.2, 0.25) is 0 Å². The van der Waals surface area contributed by atoms with E-state index in [0.717, 1.165) is 38.5 Å². The molecule has 32 heavy (non-hydrogen) atoms. The summed E-state index contributed by atoms with van der Waals surface area (Å²) < 4.78 is 43.0. The molecule has 4 nitrogen and oxygen atoms in total. The second-order valence-corrected chi connectivity index (χ2v) is 9.96. The molecule has 0 amide bonds. The normalized spacial score (nSPS) is 15.0. The minimum Gasteiger partial charge on any atom is -0.462 e. The van der Waals surface area contributed by atoms with E-state index in [1.165, 1.54) is 0 Å². The number of benzene rings is 1. The first-order valence-electron chi connectivity index (χ1n) is 14.3. The third-order valence-electron chi connectivity index (χ3n) is 5.74. The summed E-state index contributed by atoms with van der Waals surface area (Å²) in [6.07, 6.45) is 7.82. The number of hydrogen-bond donors (Lipinski definition) is 0. The molecule has 0 fully saturated rings. The predicted molar refractivity (Wildman–Crippen MR) is 132 cm³/mol. The topological polar surface area (TPSA) is 52.6 Å². The van der Waals surface area contributed by atoms with Crippen molar-refractivity contribution in [3.63, 3.8) is 0 Å². The van der Waals surface area contributed by atoms with Crippen LogP contribution < -0.4 is 0 Å². The van der Waals surface area contributed by atoms with Crippen LogP contribution in [0.25, 0.3) is 0 Å². The third kappa shape index (κ3) is 12.3. The van der Waals surface area contributed by atoms with Gasteiger partial charge in [-0.15, -0.1) is 0 Å². The minimum absolute atomic E-state index is 0.118. The zero-order chi connectivity index (χ0) is 27.4. The average molecular weight is 451 g/mol. The molecule has 0 saturated heterocycles. The van der Waals surface area contributed by atoms with Crippen molar-refractivity contribution < 1.29 is 24.5 Å². The molecule has 1 aromatic rings. The summed E-state index contributed by atoms with van der Waals surface area (Å²) in [6.45, 7) is 13.2. The van der Waals surface area contributed by atoms with E-state index in [1.807, 2.05) is 0 Å². The number of hydrogen-bond acceptors (Lipinski definition) is 4. The summed E-state index contributed by atoms with van der Waals surface area (Å²) in [7, 11) is 0. The minimum atomic E-state index is -0.926. The molecule has 4 heteroatoms. The molecule has 0 bridgehead atoms. The molecule has 0 heterocycles. The monoisotopic (exact) mass is 450 g/mol. The molecule has 0 radical (unpaired) electrons. The molecule has 0 saturated carbocycles. The van der Waals surface area contributed by atoms with E-state index in [-0.39, 0.29) is 13.2 Å². The van der Waals surface area contributed by atoms with Crippen molar-refractivity contribution in [1.29, 1.82) is 0 Å². The molecular weight excluding hydrogens is 400 g/mol. The molecule has 0 spiro atoms. The fourth-order valence-electron chi connectivity index (χ4n) is 3.51. The van der Waals surface area contributed by atoms with Gasteiger partial charge in [0.15, 0.2) is 0 Å². The van der Waals surface area contributed by atoms with Crippen molar-refractivity contribution in [2.24, 2.45) is 23.7 Å². The van der Waals surface area contributed by atoms with Crippen LogP contribution in [0, 0.1) is 23.7 Å². The van der Waals surface area contributed by atoms with Crippen molar-refractivity contribution in [3.8, 4) is 0 Å². The Bertz CT molecular complexity index is 786. The Balaban J connectivity index is 2.84. The van der Waals surface area contributed by atoms with Gasteiger partial charge in [0.1, 0.15) is 0 Å². The molecule has 2 atom stereocenters. The number of carbonyl (C=O) groups excluding carboxylic acids is 2. The van der Waals surface area contributed by atoms with Gasteiger partial charge in [-0.25, -0.2) is 9.59 Å². The smallest absolute Gasteiger partial charge is 0.339 e. The highest BCUT2D eigenvalue weighted by Gasteiger charge is 2.19. The van der Waals surface area contributed by atoms with E-state index in [4.69, 9.17) is 15.0 Å². The molecule has 0 aliphatic carbocycles. The Hall–Kier alpha value is -1.84. The lowest BCUT2D eigenvalue weighted by Gasteiger charge is -2.14. The molecule has 0 aromatic heterocycles. The summed E-state index contributed by atoms with van der Waals surface area (Å²) in [5, 5.41) is 0. The molecule has 0 aliphatic heterocycles. The SMILES string of the molecule is [2H]c1c([2H])c([2H])c(C(=O)OCCC(C)CCCC(C)C)c(C(=O)OCCC(C)CCCC(C)C)c1[2H]. The Morgan fingerprint density at radius 3 is 1.41 bits per heavy atom. The summed E-state index contributed by atoms with van der Waals surface area (Å²) in [6, 6.07) is -2.33. The zero-order valence-electron chi connectivity index (χ0n) is 25.0. The molecule has 182 valence electrons. The summed E-state index contributed by atoms with van der Waals surface area (Å²) in [4.78, 5) is 25.7. The van der Waals surface area contributed by atoms with Crippen LogP contribution >= 0.6 is 0 Å². The zero-order valence-corrected chi connectivity index (χ0v) is 21.0. The van der Waals surface area contributed by atoms with E-state index >= 15 is 0 Å². The number of ether oxygens (including phenoxy) is 2. The third-order valence-corrected chi connectivity index (χ3v) is 5.74. The first-order valence-corrected chi connectivity index (χ1v) is 12.3. The van der Waals surface area contributed by atoms with Gasteiger partial charge >= 0.3 is 11.9 Å². The Morgan fingerprint density at radius 2 is 1.06 bits per heavy atom. The van der Waals surface area contributed by atoms with Crippen LogP contribution in [0.1, 0.15) is 119 Å². The van der Waals surface area contributed by atoms with E-state index in [1.54, 1.807) is 0 Å². The standard InChI is InChI=1S/C28H46O4/c1-21(2)11-9-13-23(5)17-19-31-27(29)25-15-7-8-16-26(25)28(30)32-20-18-24(6)14-10-12-22(3)4/h7-8,15-16,21-24H,9-14,17-20H2,1-6H3/i7D,8D,15D,16D. The lowest BCUT2D eigenvalue weighted by Crippen LogP contribution is -2.16. The van der Waals surface area contributed by atoms with Gasteiger partial charge in [0.05, 0.1) is 29.8 Å². The first kappa shape index (κ1) is 22.0. The van der Waals surface area contributed by atoms with E-state index in [0.29, 0.717) is 36.5 Å². The van der Waals surface area contributed by atoms with Crippen molar-refractivity contribution in [2.45, 2.75) is 92.9 Å². The van der Waals surface area contributed by atoms with Crippen LogP contribution in [0.4, 0.5) is 0 Å². The maximum absolute atomic E-state index is 12.9. The van der Waals surface area contributed by atoms with Crippen molar-refractivity contribution in [2.75, 3.05) is 13.2 Å². The van der Waals surface area contributed by atoms with Crippen LogP contribution in [-0.4, -0.2) is 25.2 Å². The largest absolute Gasteiger partial charge is 0.462 e. The quantitative estimate of drug-likeness (QED) is 0.242. The van der Waals surface area contributed by atoms with Crippen molar-refractivity contribution in [3.05, 3.63) is 35.3 Å². The Labute approximate surface area is 202 Å². The Kier molecular flexibility index (Phi) is 10.9. The van der Waals surface area contributed by atoms with Gasteiger partial charge < -0.3 is 9.47 Å². The van der Waals surface area contributed by atoms with Crippen molar-refractivity contribution >= 4 is 11.9 Å². The molecule has 1 aromatic carbocycles. The van der Waals surface area contributed by atoms with E-state index in [2.05, 4.69) is 41.5 Å². The number of esters is 2. The lowest BCUT2D eigenvalue weighted by molar-refractivity contribution is 0.0436. The second kappa shape index (κ2) is 15.9. The highest BCUT2D eigenvalue weighted by atomic mass is 16.5. The van der Waals surface area contributed by atoms with Gasteiger partial charge in [-0.2, -0.15) is 0 Å². The maximum atomic E-state index is 12.9. The molecule has 1 rings (SSSR count). The van der Waals surface area contributed by atoms with Gasteiger partial charge in [0.25, 0.3) is 0 Å². The van der Waals surface area contributed by atoms with Gasteiger partial charge in [0, 0.05) is 0 Å². The fraction of sp³-hybridized carbons (Fsp3) is 0.714.